The van der Waals surface area contributed by atoms with Crippen LogP contribution < -0.4 is 0 Å². The summed E-state index contributed by atoms with van der Waals surface area (Å²) in [7, 11) is -2.16. The van der Waals surface area contributed by atoms with Gasteiger partial charge in [0.2, 0.25) is 0 Å². The molecule has 20 heavy (non-hydrogen) atoms. The highest BCUT2D eigenvalue weighted by molar-refractivity contribution is 7.99. The lowest BCUT2D eigenvalue weighted by Gasteiger charge is -2.48. The van der Waals surface area contributed by atoms with Gasteiger partial charge in [0.05, 0.1) is 13.8 Å². The first-order valence-electron chi connectivity index (χ1n) is 6.85. The summed E-state index contributed by atoms with van der Waals surface area (Å²) >= 11 is 1.26. The number of ether oxygens (including phenoxy) is 1. The fourth-order valence-electron chi connectivity index (χ4n) is 2.18. The summed E-state index contributed by atoms with van der Waals surface area (Å²) in [5, 5.41) is 40.6. The fourth-order valence-corrected chi connectivity index (χ4v) is 4.85. The molecule has 120 valence electrons. The van der Waals surface area contributed by atoms with Crippen molar-refractivity contribution in [3.63, 3.8) is 0 Å². The van der Waals surface area contributed by atoms with Crippen molar-refractivity contribution in [3.8, 4) is 0 Å². The average Bonchev–Trinajstić information content (AvgIpc) is 2.34. The number of aliphatic hydroxyl groups excluding tert-OH is 4. The van der Waals surface area contributed by atoms with E-state index in [-0.39, 0.29) is 5.04 Å². The molecule has 0 aromatic rings. The van der Waals surface area contributed by atoms with Gasteiger partial charge in [-0.05, 0) is 11.3 Å². The van der Waals surface area contributed by atoms with Gasteiger partial charge in [-0.25, -0.2) is 0 Å². The minimum Gasteiger partial charge on any atom is -0.394 e. The highest BCUT2D eigenvalue weighted by atomic mass is 32.2. The first-order chi connectivity index (χ1) is 8.95. The zero-order chi connectivity index (χ0) is 15.9. The Labute approximate surface area is 126 Å². The van der Waals surface area contributed by atoms with E-state index in [9.17, 15) is 20.4 Å². The van der Waals surface area contributed by atoms with Gasteiger partial charge in [0, 0.05) is 0 Å². The van der Waals surface area contributed by atoms with Crippen LogP contribution in [0, 0.1) is 0 Å². The maximum absolute atomic E-state index is 10.7. The SMILES string of the molecule is CS[C@@H]1O[C@H](C(O)[Si](C)(C)C(C)(C)C)[C@H](O)[C@H](O)[C@H]1O. The molecular formula is C13H28O5SSi. The first-order valence-corrected chi connectivity index (χ1v) is 11.2. The minimum absolute atomic E-state index is 0.0780. The topological polar surface area (TPSA) is 90.2 Å². The number of rotatable bonds is 3. The zero-order valence-electron chi connectivity index (χ0n) is 13.1. The van der Waals surface area contributed by atoms with Crippen LogP contribution in [0.3, 0.4) is 0 Å². The van der Waals surface area contributed by atoms with Crippen molar-refractivity contribution in [1.29, 1.82) is 0 Å². The summed E-state index contributed by atoms with van der Waals surface area (Å²) in [6, 6.07) is 0. The van der Waals surface area contributed by atoms with Crippen LogP contribution in [0.25, 0.3) is 0 Å². The Balaban J connectivity index is 3.00. The lowest BCUT2D eigenvalue weighted by atomic mass is 10.0. The van der Waals surface area contributed by atoms with Gasteiger partial charge in [-0.15, -0.1) is 11.8 Å². The Hall–Kier alpha value is 0.367. The average molecular weight is 325 g/mol. The van der Waals surface area contributed by atoms with Crippen molar-refractivity contribution in [2.24, 2.45) is 0 Å². The van der Waals surface area contributed by atoms with E-state index in [1.165, 1.54) is 11.8 Å². The minimum atomic E-state index is -2.16. The Bertz CT molecular complexity index is 331. The molecule has 5 nitrogen and oxygen atoms in total. The molecule has 1 rings (SSSR count). The van der Waals surface area contributed by atoms with Gasteiger partial charge >= 0.3 is 0 Å². The van der Waals surface area contributed by atoms with Gasteiger partial charge in [-0.1, -0.05) is 33.9 Å². The predicted octanol–water partition coefficient (Wildman–Crippen LogP) is 0.566. The molecule has 4 N–H and O–H groups in total. The monoisotopic (exact) mass is 324 g/mol. The fraction of sp³-hybridized carbons (Fsp3) is 1.00. The molecule has 1 fully saturated rings. The molecule has 0 bridgehead atoms. The Morgan fingerprint density at radius 2 is 1.55 bits per heavy atom. The maximum atomic E-state index is 10.7. The summed E-state index contributed by atoms with van der Waals surface area (Å²) in [5.74, 6) is 0. The normalized spacial score (nSPS) is 37.8. The van der Waals surface area contributed by atoms with Crippen molar-refractivity contribution >= 4 is 19.8 Å². The van der Waals surface area contributed by atoms with E-state index < -0.39 is 43.7 Å². The summed E-state index contributed by atoms with van der Waals surface area (Å²) in [6.45, 7) is 10.3. The highest BCUT2D eigenvalue weighted by Gasteiger charge is 2.52. The second kappa shape index (κ2) is 6.24. The third-order valence-corrected chi connectivity index (χ3v) is 11.4. The molecule has 1 heterocycles. The Kier molecular flexibility index (Phi) is 5.74. The van der Waals surface area contributed by atoms with Crippen LogP contribution >= 0.6 is 11.8 Å². The van der Waals surface area contributed by atoms with Crippen molar-refractivity contribution in [3.05, 3.63) is 0 Å². The molecule has 0 aromatic carbocycles. The second-order valence-electron chi connectivity index (χ2n) is 7.09. The molecule has 1 aliphatic rings. The van der Waals surface area contributed by atoms with Crippen LogP contribution in [0.2, 0.25) is 18.1 Å². The predicted molar refractivity (Wildman–Crippen MR) is 83.4 cm³/mol. The van der Waals surface area contributed by atoms with E-state index in [2.05, 4.69) is 20.8 Å². The summed E-state index contributed by atoms with van der Waals surface area (Å²) in [6.07, 6.45) is -2.84. The first kappa shape index (κ1) is 18.4. The molecule has 7 heteroatoms. The van der Waals surface area contributed by atoms with Crippen LogP contribution in [0.1, 0.15) is 20.8 Å². The van der Waals surface area contributed by atoms with Gasteiger partial charge in [0.25, 0.3) is 0 Å². The molecule has 0 radical (unpaired) electrons. The molecule has 0 aromatic heterocycles. The van der Waals surface area contributed by atoms with Crippen LogP contribution in [-0.2, 0) is 4.74 Å². The van der Waals surface area contributed by atoms with Gasteiger partial charge in [-0.3, -0.25) is 0 Å². The molecular weight excluding hydrogens is 296 g/mol. The quantitative estimate of drug-likeness (QED) is 0.567. The van der Waals surface area contributed by atoms with Gasteiger partial charge < -0.3 is 25.2 Å². The van der Waals surface area contributed by atoms with Crippen molar-refractivity contribution in [2.75, 3.05) is 6.26 Å². The summed E-state index contributed by atoms with van der Waals surface area (Å²) in [5.41, 5.74) is -1.47. The molecule has 6 atom stereocenters. The lowest BCUT2D eigenvalue weighted by molar-refractivity contribution is -0.212. The number of hydrogen-bond acceptors (Lipinski definition) is 6. The van der Waals surface area contributed by atoms with E-state index in [0.29, 0.717) is 0 Å². The number of hydrogen-bond donors (Lipinski definition) is 4. The summed E-state index contributed by atoms with van der Waals surface area (Å²) in [4.78, 5) is 0. The Morgan fingerprint density at radius 1 is 1.05 bits per heavy atom. The van der Waals surface area contributed by atoms with Crippen LogP contribution in [0.5, 0.6) is 0 Å². The zero-order valence-corrected chi connectivity index (χ0v) is 14.9. The standard InChI is InChI=1S/C13H28O5SSi/c1-13(2,3)20(5,6)11(17)10-8(15)7(14)9(16)12(18-10)19-4/h7-12,14-17H,1-6H3/t7-,8+,9+,10-,11?,12-/m0/s1. The largest absolute Gasteiger partial charge is 0.394 e. The molecule has 0 saturated carbocycles. The van der Waals surface area contributed by atoms with Crippen molar-refractivity contribution in [2.45, 2.75) is 74.5 Å². The molecule has 1 saturated heterocycles. The van der Waals surface area contributed by atoms with Crippen molar-refractivity contribution < 1.29 is 25.2 Å². The smallest absolute Gasteiger partial charge is 0.132 e. The molecule has 0 spiro atoms. The number of aliphatic hydroxyl groups is 4. The van der Waals surface area contributed by atoms with E-state index >= 15 is 0 Å². The highest BCUT2D eigenvalue weighted by Crippen LogP contribution is 2.41. The van der Waals surface area contributed by atoms with Gasteiger partial charge in [0.15, 0.2) is 0 Å². The van der Waals surface area contributed by atoms with Gasteiger partial charge in [-0.2, -0.15) is 0 Å². The van der Waals surface area contributed by atoms with E-state index in [4.69, 9.17) is 4.74 Å². The maximum Gasteiger partial charge on any atom is 0.132 e. The molecule has 0 amide bonds. The molecule has 1 unspecified atom stereocenters. The number of thioether (sulfide) groups is 1. The second-order valence-corrected chi connectivity index (χ2v) is 13.6. The lowest BCUT2D eigenvalue weighted by Crippen LogP contribution is -2.65. The third-order valence-electron chi connectivity index (χ3n) is 4.82. The molecule has 1 aliphatic heterocycles. The van der Waals surface area contributed by atoms with Crippen LogP contribution in [0.15, 0.2) is 0 Å². The van der Waals surface area contributed by atoms with Crippen LogP contribution in [0.4, 0.5) is 0 Å². The summed E-state index contributed by atoms with van der Waals surface area (Å²) < 4.78 is 5.66. The molecule has 0 aliphatic carbocycles. The van der Waals surface area contributed by atoms with E-state index in [1.807, 2.05) is 13.1 Å². The third kappa shape index (κ3) is 3.24. The van der Waals surface area contributed by atoms with E-state index in [0.717, 1.165) is 0 Å². The van der Waals surface area contributed by atoms with Crippen molar-refractivity contribution in [1.82, 2.24) is 0 Å². The Morgan fingerprint density at radius 3 is 1.95 bits per heavy atom. The van der Waals surface area contributed by atoms with E-state index in [1.54, 1.807) is 6.26 Å². The van der Waals surface area contributed by atoms with Gasteiger partial charge in [0.1, 0.15) is 29.9 Å². The van der Waals surface area contributed by atoms with Crippen LogP contribution in [-0.4, -0.2) is 70.3 Å².